The molecule has 4 nitrogen and oxygen atoms in total. The molecule has 0 unspecified atom stereocenters. The normalized spacial score (nSPS) is 16.1. The van der Waals surface area contributed by atoms with Crippen molar-refractivity contribution in [2.45, 2.75) is 32.1 Å². The molecular weight excluding hydrogens is 350 g/mol. The highest BCUT2D eigenvalue weighted by atomic mass is 35.5. The van der Waals surface area contributed by atoms with E-state index in [0.29, 0.717) is 49.1 Å². The maximum atomic E-state index is 13.3. The summed E-state index contributed by atoms with van der Waals surface area (Å²) in [5.74, 6) is 0.596. The first-order valence-electron chi connectivity index (χ1n) is 8.94. The van der Waals surface area contributed by atoms with Crippen LogP contribution in [0.25, 0.3) is 0 Å². The van der Waals surface area contributed by atoms with E-state index in [9.17, 15) is 4.79 Å². The molecular formula is C21H24ClNO3. The van der Waals surface area contributed by atoms with Crippen molar-refractivity contribution in [2.75, 3.05) is 25.1 Å². The molecule has 0 bridgehead atoms. The fraction of sp³-hybridized carbons (Fsp3) is 0.381. The Kier molecular flexibility index (Phi) is 5.84. The van der Waals surface area contributed by atoms with Crippen LogP contribution in [0.3, 0.4) is 0 Å². The smallest absolute Gasteiger partial charge is 0.235 e. The summed E-state index contributed by atoms with van der Waals surface area (Å²) < 4.78 is 11.0. The second-order valence-electron chi connectivity index (χ2n) is 6.60. The minimum absolute atomic E-state index is 0.0216. The molecule has 1 aliphatic heterocycles. The highest BCUT2D eigenvalue weighted by Crippen LogP contribution is 2.37. The Hall–Kier alpha value is -2.04. The van der Waals surface area contributed by atoms with Crippen LogP contribution in [0.5, 0.6) is 5.75 Å². The van der Waals surface area contributed by atoms with Crippen molar-refractivity contribution in [2.24, 2.45) is 0 Å². The van der Waals surface area contributed by atoms with Crippen LogP contribution in [0.4, 0.5) is 5.69 Å². The second-order valence-corrected chi connectivity index (χ2v) is 7.00. The number of hydrogen-bond acceptors (Lipinski definition) is 3. The summed E-state index contributed by atoms with van der Waals surface area (Å²) >= 11 is 6.25. The van der Waals surface area contributed by atoms with E-state index in [-0.39, 0.29) is 5.91 Å². The monoisotopic (exact) mass is 373 g/mol. The first kappa shape index (κ1) is 18.7. The van der Waals surface area contributed by atoms with E-state index in [2.05, 4.69) is 11.4 Å². The van der Waals surface area contributed by atoms with Crippen molar-refractivity contribution in [3.63, 3.8) is 0 Å². The van der Waals surface area contributed by atoms with Gasteiger partial charge in [-0.25, -0.2) is 0 Å². The highest BCUT2D eigenvalue weighted by molar-refractivity contribution is 6.32. The minimum Gasteiger partial charge on any atom is -0.492 e. The molecule has 0 radical (unpaired) electrons. The lowest BCUT2D eigenvalue weighted by atomic mass is 9.73. The molecule has 0 saturated carbocycles. The molecule has 1 fully saturated rings. The van der Waals surface area contributed by atoms with Gasteiger partial charge in [0.25, 0.3) is 0 Å². The summed E-state index contributed by atoms with van der Waals surface area (Å²) in [6, 6.07) is 13.5. The van der Waals surface area contributed by atoms with Gasteiger partial charge < -0.3 is 14.8 Å². The van der Waals surface area contributed by atoms with Gasteiger partial charge in [-0.3, -0.25) is 4.79 Å². The zero-order valence-electron chi connectivity index (χ0n) is 15.2. The lowest BCUT2D eigenvalue weighted by molar-refractivity contribution is -0.125. The zero-order valence-corrected chi connectivity index (χ0v) is 15.9. The van der Waals surface area contributed by atoms with E-state index in [1.165, 1.54) is 0 Å². The quantitative estimate of drug-likeness (QED) is 0.823. The molecule has 1 aliphatic rings. The number of rotatable bonds is 5. The van der Waals surface area contributed by atoms with Gasteiger partial charge in [-0.1, -0.05) is 41.4 Å². The Morgan fingerprint density at radius 1 is 1.23 bits per heavy atom. The van der Waals surface area contributed by atoms with Crippen LogP contribution in [0.15, 0.2) is 42.5 Å². The standard InChI is InChI=1S/C21H24ClNO3/c1-3-26-19-8-7-17(14-18(19)22)23-20(24)21(9-11-25-12-10-21)16-6-4-5-15(2)13-16/h4-8,13-14H,3,9-12H2,1-2H3,(H,23,24). The van der Waals surface area contributed by atoms with Crippen LogP contribution >= 0.6 is 11.6 Å². The second kappa shape index (κ2) is 8.11. The Morgan fingerprint density at radius 2 is 2.00 bits per heavy atom. The summed E-state index contributed by atoms with van der Waals surface area (Å²) in [4.78, 5) is 13.3. The topological polar surface area (TPSA) is 47.6 Å². The van der Waals surface area contributed by atoms with Crippen molar-refractivity contribution in [1.29, 1.82) is 0 Å². The molecule has 1 heterocycles. The fourth-order valence-electron chi connectivity index (χ4n) is 3.41. The van der Waals surface area contributed by atoms with Gasteiger partial charge in [-0.15, -0.1) is 0 Å². The molecule has 0 spiro atoms. The molecule has 5 heteroatoms. The number of nitrogens with one attached hydrogen (secondary N) is 1. The van der Waals surface area contributed by atoms with Gasteiger partial charge in [0.05, 0.1) is 17.0 Å². The third-order valence-electron chi connectivity index (χ3n) is 4.84. The van der Waals surface area contributed by atoms with Crippen LogP contribution in [0, 0.1) is 6.92 Å². The van der Waals surface area contributed by atoms with Crippen LogP contribution in [-0.2, 0) is 14.9 Å². The van der Waals surface area contributed by atoms with Crippen LogP contribution in [0.1, 0.15) is 30.9 Å². The summed E-state index contributed by atoms with van der Waals surface area (Å²) in [6.07, 6.45) is 1.32. The molecule has 0 aliphatic carbocycles. The molecule has 0 atom stereocenters. The number of carbonyl (C=O) groups excluding carboxylic acids is 1. The molecule has 1 N–H and O–H groups in total. The number of ether oxygens (including phenoxy) is 2. The zero-order chi connectivity index (χ0) is 18.6. The molecule has 1 saturated heterocycles. The van der Waals surface area contributed by atoms with Gasteiger partial charge in [-0.2, -0.15) is 0 Å². The molecule has 26 heavy (non-hydrogen) atoms. The predicted octanol–water partition coefficient (Wildman–Crippen LogP) is 4.73. The number of carbonyl (C=O) groups is 1. The Balaban J connectivity index is 1.88. The first-order valence-corrected chi connectivity index (χ1v) is 9.31. The minimum atomic E-state index is -0.588. The number of halogens is 1. The first-order chi connectivity index (χ1) is 12.5. The molecule has 3 rings (SSSR count). The van der Waals surface area contributed by atoms with Crippen molar-refractivity contribution in [3.8, 4) is 5.75 Å². The Bertz CT molecular complexity index is 785. The number of hydrogen-bond donors (Lipinski definition) is 1. The van der Waals surface area contributed by atoms with E-state index < -0.39 is 5.41 Å². The SMILES string of the molecule is CCOc1ccc(NC(=O)C2(c3cccc(C)c3)CCOCC2)cc1Cl. The highest BCUT2D eigenvalue weighted by Gasteiger charge is 2.41. The Morgan fingerprint density at radius 3 is 2.65 bits per heavy atom. The number of amides is 1. The molecule has 0 aromatic heterocycles. The third kappa shape index (κ3) is 3.87. The van der Waals surface area contributed by atoms with Gasteiger partial charge in [-0.05, 0) is 50.5 Å². The average Bonchev–Trinajstić information content (AvgIpc) is 2.64. The lowest BCUT2D eigenvalue weighted by Crippen LogP contribution is -2.44. The van der Waals surface area contributed by atoms with Crippen molar-refractivity contribution in [1.82, 2.24) is 0 Å². The van der Waals surface area contributed by atoms with Crippen molar-refractivity contribution >= 4 is 23.2 Å². The van der Waals surface area contributed by atoms with Gasteiger partial charge in [0, 0.05) is 18.9 Å². The number of benzene rings is 2. The van der Waals surface area contributed by atoms with E-state index in [1.807, 2.05) is 38.1 Å². The average molecular weight is 374 g/mol. The summed E-state index contributed by atoms with van der Waals surface area (Å²) in [7, 11) is 0. The van der Waals surface area contributed by atoms with Gasteiger partial charge in [0.15, 0.2) is 0 Å². The maximum Gasteiger partial charge on any atom is 0.235 e. The predicted molar refractivity (Wildman–Crippen MR) is 104 cm³/mol. The number of aryl methyl sites for hydroxylation is 1. The molecule has 138 valence electrons. The van der Waals surface area contributed by atoms with Gasteiger partial charge in [0.2, 0.25) is 5.91 Å². The van der Waals surface area contributed by atoms with Crippen molar-refractivity contribution < 1.29 is 14.3 Å². The maximum absolute atomic E-state index is 13.3. The molecule has 2 aromatic rings. The number of anilines is 1. The van der Waals surface area contributed by atoms with E-state index >= 15 is 0 Å². The van der Waals surface area contributed by atoms with Crippen LogP contribution in [0.2, 0.25) is 5.02 Å². The third-order valence-corrected chi connectivity index (χ3v) is 5.14. The van der Waals surface area contributed by atoms with Crippen molar-refractivity contribution in [3.05, 3.63) is 58.6 Å². The van der Waals surface area contributed by atoms with Crippen LogP contribution < -0.4 is 10.1 Å². The summed E-state index contributed by atoms with van der Waals surface area (Å²) in [5.41, 5.74) is 2.26. The largest absolute Gasteiger partial charge is 0.492 e. The van der Waals surface area contributed by atoms with E-state index in [0.717, 1.165) is 11.1 Å². The van der Waals surface area contributed by atoms with E-state index in [1.54, 1.807) is 12.1 Å². The molecule has 1 amide bonds. The van der Waals surface area contributed by atoms with Gasteiger partial charge in [0.1, 0.15) is 5.75 Å². The summed E-state index contributed by atoms with van der Waals surface area (Å²) in [5, 5.41) is 3.53. The van der Waals surface area contributed by atoms with Crippen LogP contribution in [-0.4, -0.2) is 25.7 Å². The molecule has 2 aromatic carbocycles. The Labute approximate surface area is 159 Å². The summed E-state index contributed by atoms with van der Waals surface area (Å²) in [6.45, 7) is 5.64. The fourth-order valence-corrected chi connectivity index (χ4v) is 3.65. The lowest BCUT2D eigenvalue weighted by Gasteiger charge is -2.36. The van der Waals surface area contributed by atoms with Gasteiger partial charge >= 0.3 is 0 Å². The van der Waals surface area contributed by atoms with E-state index in [4.69, 9.17) is 21.1 Å².